The molecule has 4 nitrogen and oxygen atoms in total. The van der Waals surface area contributed by atoms with E-state index in [1.165, 1.54) is 18.2 Å². The van der Waals surface area contributed by atoms with E-state index in [-0.39, 0.29) is 18.0 Å². The number of halogens is 3. The molecule has 3 aromatic rings. The quantitative estimate of drug-likeness (QED) is 0.304. The molecule has 0 spiro atoms. The van der Waals surface area contributed by atoms with Gasteiger partial charge in [0, 0.05) is 10.7 Å². The zero-order valence-electron chi connectivity index (χ0n) is 16.5. The van der Waals surface area contributed by atoms with Gasteiger partial charge in [0.15, 0.2) is 0 Å². The zero-order valence-corrected chi connectivity index (χ0v) is 18.8. The van der Waals surface area contributed by atoms with E-state index in [1.807, 2.05) is 13.0 Å². The Labute approximate surface area is 193 Å². The number of nitrogens with one attached hydrogen (secondary N) is 1. The van der Waals surface area contributed by atoms with Crippen LogP contribution in [0.3, 0.4) is 0 Å². The molecular weight excluding hydrogens is 483 g/mol. The van der Waals surface area contributed by atoms with Crippen molar-refractivity contribution in [2.75, 3.05) is 5.32 Å². The van der Waals surface area contributed by atoms with Crippen LogP contribution in [0.2, 0.25) is 5.02 Å². The maximum Gasteiger partial charge on any atom is 0.266 e. The summed E-state index contributed by atoms with van der Waals surface area (Å²) in [5.41, 5.74) is 2.66. The molecule has 31 heavy (non-hydrogen) atoms. The minimum atomic E-state index is -0.532. The fourth-order valence-electron chi connectivity index (χ4n) is 2.75. The number of ether oxygens (including phenoxy) is 1. The number of hydrogen-bond donors (Lipinski definition) is 1. The van der Waals surface area contributed by atoms with E-state index in [4.69, 9.17) is 16.3 Å². The lowest BCUT2D eigenvalue weighted by atomic mass is 10.1. The van der Waals surface area contributed by atoms with Gasteiger partial charge < -0.3 is 10.1 Å². The summed E-state index contributed by atoms with van der Waals surface area (Å²) in [6.07, 6.45) is 1.48. The second-order valence-corrected chi connectivity index (χ2v) is 7.98. The molecule has 0 aliphatic carbocycles. The first-order chi connectivity index (χ1) is 14.9. The molecule has 7 heteroatoms. The molecule has 0 fully saturated rings. The third-order valence-corrected chi connectivity index (χ3v) is 5.22. The Morgan fingerprint density at radius 2 is 2.03 bits per heavy atom. The highest BCUT2D eigenvalue weighted by Gasteiger charge is 2.12. The molecule has 156 valence electrons. The molecule has 1 N–H and O–H groups in total. The molecule has 0 atom stereocenters. The van der Waals surface area contributed by atoms with Gasteiger partial charge in [-0.15, -0.1) is 0 Å². The van der Waals surface area contributed by atoms with Crippen LogP contribution in [-0.2, 0) is 11.4 Å². The van der Waals surface area contributed by atoms with Crippen molar-refractivity contribution in [2.24, 2.45) is 0 Å². The summed E-state index contributed by atoms with van der Waals surface area (Å²) in [6, 6.07) is 18.4. The average molecular weight is 500 g/mol. The number of rotatable bonds is 6. The minimum absolute atomic E-state index is 0.0558. The molecule has 0 heterocycles. The van der Waals surface area contributed by atoms with Gasteiger partial charge >= 0.3 is 0 Å². The van der Waals surface area contributed by atoms with E-state index in [0.29, 0.717) is 32.1 Å². The first-order valence-corrected chi connectivity index (χ1v) is 10.4. The molecule has 0 saturated carbocycles. The standard InChI is InChI=1S/C24H17BrClFN2O2/c1-15-5-7-19(26)12-22(15)29-24(30)18(13-28)9-16-6-8-23(21(25)11-16)31-14-17-3-2-4-20(27)10-17/h2-12H,14H2,1H3,(H,29,30)/b18-9+. The number of anilines is 1. The van der Waals surface area contributed by atoms with Crippen molar-refractivity contribution >= 4 is 45.2 Å². The third kappa shape index (κ3) is 6.17. The van der Waals surface area contributed by atoms with Crippen LogP contribution < -0.4 is 10.1 Å². The van der Waals surface area contributed by atoms with Crippen molar-refractivity contribution in [3.63, 3.8) is 0 Å². The number of nitrogens with zero attached hydrogens (tertiary/aromatic N) is 1. The monoisotopic (exact) mass is 498 g/mol. The fourth-order valence-corrected chi connectivity index (χ4v) is 3.43. The maximum atomic E-state index is 13.3. The van der Waals surface area contributed by atoms with E-state index in [9.17, 15) is 14.4 Å². The van der Waals surface area contributed by atoms with Crippen LogP contribution in [0, 0.1) is 24.1 Å². The van der Waals surface area contributed by atoms with Gasteiger partial charge in [-0.05, 0) is 82.0 Å². The summed E-state index contributed by atoms with van der Waals surface area (Å²) < 4.78 is 19.7. The van der Waals surface area contributed by atoms with E-state index < -0.39 is 5.91 Å². The highest BCUT2D eigenvalue weighted by Crippen LogP contribution is 2.28. The van der Waals surface area contributed by atoms with Gasteiger partial charge in [0.2, 0.25) is 0 Å². The van der Waals surface area contributed by atoms with Crippen LogP contribution in [0.5, 0.6) is 5.75 Å². The molecular formula is C24H17BrClFN2O2. The van der Waals surface area contributed by atoms with Gasteiger partial charge in [0.1, 0.15) is 29.8 Å². The highest BCUT2D eigenvalue weighted by atomic mass is 79.9. The van der Waals surface area contributed by atoms with E-state index in [1.54, 1.807) is 48.5 Å². The summed E-state index contributed by atoms with van der Waals surface area (Å²) >= 11 is 9.41. The number of benzene rings is 3. The minimum Gasteiger partial charge on any atom is -0.488 e. The molecule has 1 amide bonds. The van der Waals surface area contributed by atoms with E-state index in [2.05, 4.69) is 21.2 Å². The molecule has 3 rings (SSSR count). The number of carbonyl (C=O) groups excluding carboxylic acids is 1. The molecule has 0 saturated heterocycles. The Balaban J connectivity index is 1.73. The summed E-state index contributed by atoms with van der Waals surface area (Å²) in [4.78, 5) is 12.5. The molecule has 0 aliphatic rings. The Hall–Kier alpha value is -3.14. The molecule has 0 aliphatic heterocycles. The smallest absolute Gasteiger partial charge is 0.266 e. The van der Waals surface area contributed by atoms with Crippen LogP contribution in [0.15, 0.2) is 70.7 Å². The Bertz CT molecular complexity index is 1200. The normalized spacial score (nSPS) is 11.0. The number of aryl methyl sites for hydroxylation is 1. The summed E-state index contributed by atoms with van der Waals surface area (Å²) in [7, 11) is 0. The molecule has 0 bridgehead atoms. The molecule has 3 aromatic carbocycles. The average Bonchev–Trinajstić information content (AvgIpc) is 2.74. The number of carbonyl (C=O) groups is 1. The lowest BCUT2D eigenvalue weighted by Gasteiger charge is -2.10. The number of amides is 1. The van der Waals surface area contributed by atoms with Gasteiger partial charge in [-0.3, -0.25) is 4.79 Å². The van der Waals surface area contributed by atoms with Crippen LogP contribution in [0.4, 0.5) is 10.1 Å². The van der Waals surface area contributed by atoms with Crippen molar-refractivity contribution < 1.29 is 13.9 Å². The van der Waals surface area contributed by atoms with E-state index >= 15 is 0 Å². The fraction of sp³-hybridized carbons (Fsp3) is 0.0833. The van der Waals surface area contributed by atoms with Gasteiger partial charge in [0.25, 0.3) is 5.91 Å². The second kappa shape index (κ2) is 10.3. The number of nitriles is 1. The lowest BCUT2D eigenvalue weighted by Crippen LogP contribution is -2.14. The van der Waals surface area contributed by atoms with Crippen LogP contribution in [0.1, 0.15) is 16.7 Å². The second-order valence-electron chi connectivity index (χ2n) is 6.69. The Morgan fingerprint density at radius 1 is 1.23 bits per heavy atom. The summed E-state index contributed by atoms with van der Waals surface area (Å²) in [6.45, 7) is 2.04. The predicted molar refractivity (Wildman–Crippen MR) is 123 cm³/mol. The molecule has 0 unspecified atom stereocenters. The first kappa shape index (κ1) is 22.5. The maximum absolute atomic E-state index is 13.3. The Kier molecular flexibility index (Phi) is 7.45. The number of hydrogen-bond acceptors (Lipinski definition) is 3. The van der Waals surface area contributed by atoms with Crippen molar-refractivity contribution in [3.05, 3.63) is 98.2 Å². The topological polar surface area (TPSA) is 62.1 Å². The van der Waals surface area contributed by atoms with Crippen molar-refractivity contribution in [2.45, 2.75) is 13.5 Å². The van der Waals surface area contributed by atoms with Crippen molar-refractivity contribution in [1.82, 2.24) is 0 Å². The van der Waals surface area contributed by atoms with Gasteiger partial charge in [-0.25, -0.2) is 4.39 Å². The van der Waals surface area contributed by atoms with Crippen molar-refractivity contribution in [1.29, 1.82) is 5.26 Å². The highest BCUT2D eigenvalue weighted by molar-refractivity contribution is 9.10. The van der Waals surface area contributed by atoms with Gasteiger partial charge in [0.05, 0.1) is 4.47 Å². The van der Waals surface area contributed by atoms with Gasteiger partial charge in [-0.1, -0.05) is 35.9 Å². The summed E-state index contributed by atoms with van der Waals surface area (Å²) in [5.74, 6) is -0.301. The Morgan fingerprint density at radius 3 is 2.74 bits per heavy atom. The predicted octanol–water partition coefficient (Wildman–Crippen LogP) is 6.67. The summed E-state index contributed by atoms with van der Waals surface area (Å²) in [5, 5.41) is 12.6. The largest absolute Gasteiger partial charge is 0.488 e. The zero-order chi connectivity index (χ0) is 22.4. The molecule has 0 aromatic heterocycles. The molecule has 0 radical (unpaired) electrons. The third-order valence-electron chi connectivity index (χ3n) is 4.36. The van der Waals surface area contributed by atoms with Crippen molar-refractivity contribution in [3.8, 4) is 11.8 Å². The lowest BCUT2D eigenvalue weighted by molar-refractivity contribution is -0.112. The van der Waals surface area contributed by atoms with Gasteiger partial charge in [-0.2, -0.15) is 5.26 Å². The van der Waals surface area contributed by atoms with Crippen LogP contribution in [-0.4, -0.2) is 5.91 Å². The van der Waals surface area contributed by atoms with Crippen LogP contribution in [0.25, 0.3) is 6.08 Å². The van der Waals surface area contributed by atoms with Crippen LogP contribution >= 0.6 is 27.5 Å². The first-order valence-electron chi connectivity index (χ1n) is 9.22. The van der Waals surface area contributed by atoms with E-state index in [0.717, 1.165) is 5.56 Å². The SMILES string of the molecule is Cc1ccc(Cl)cc1NC(=O)/C(C#N)=C/c1ccc(OCc2cccc(F)c2)c(Br)c1.